The predicted octanol–water partition coefficient (Wildman–Crippen LogP) is 4.71. The standard InChI is InChI=1S/C16H12BrF2N5/c1-9-6-10(17)2-5-14(9)22-15-8-20-24-16(23-15)21-11-3-4-12(18)13(19)7-11/h2-8H,1H3,(H2,21,22,23,24). The van der Waals surface area contributed by atoms with Crippen molar-refractivity contribution in [2.45, 2.75) is 6.92 Å². The molecule has 0 radical (unpaired) electrons. The van der Waals surface area contributed by atoms with E-state index < -0.39 is 11.6 Å². The highest BCUT2D eigenvalue weighted by molar-refractivity contribution is 9.10. The van der Waals surface area contributed by atoms with Gasteiger partial charge in [-0.1, -0.05) is 15.9 Å². The SMILES string of the molecule is Cc1cc(Br)ccc1Nc1cnnc(Nc2ccc(F)c(F)c2)n1. The monoisotopic (exact) mass is 391 g/mol. The zero-order valence-corrected chi connectivity index (χ0v) is 14.1. The quantitative estimate of drug-likeness (QED) is 0.674. The van der Waals surface area contributed by atoms with Crippen molar-refractivity contribution in [3.8, 4) is 0 Å². The largest absolute Gasteiger partial charge is 0.339 e. The van der Waals surface area contributed by atoms with E-state index in [0.717, 1.165) is 27.9 Å². The molecule has 3 rings (SSSR count). The minimum Gasteiger partial charge on any atom is -0.339 e. The second-order valence-electron chi connectivity index (χ2n) is 5.00. The Hall–Kier alpha value is -2.61. The van der Waals surface area contributed by atoms with Crippen molar-refractivity contribution in [3.05, 3.63) is 64.3 Å². The number of hydrogen-bond donors (Lipinski definition) is 2. The van der Waals surface area contributed by atoms with Gasteiger partial charge in [0.05, 0.1) is 6.20 Å². The molecule has 122 valence electrons. The topological polar surface area (TPSA) is 62.7 Å². The minimum atomic E-state index is -0.951. The summed E-state index contributed by atoms with van der Waals surface area (Å²) in [5.41, 5.74) is 2.23. The van der Waals surface area contributed by atoms with Crippen molar-refractivity contribution in [1.82, 2.24) is 15.2 Å². The van der Waals surface area contributed by atoms with E-state index in [-0.39, 0.29) is 5.95 Å². The lowest BCUT2D eigenvalue weighted by molar-refractivity contribution is 0.509. The van der Waals surface area contributed by atoms with Crippen LogP contribution in [0.3, 0.4) is 0 Å². The first-order valence-electron chi connectivity index (χ1n) is 6.96. The highest BCUT2D eigenvalue weighted by Crippen LogP contribution is 2.23. The number of hydrogen-bond acceptors (Lipinski definition) is 5. The number of aromatic nitrogens is 3. The number of halogens is 3. The van der Waals surface area contributed by atoms with Crippen molar-refractivity contribution in [2.24, 2.45) is 0 Å². The molecule has 0 amide bonds. The smallest absolute Gasteiger partial charge is 0.249 e. The number of benzene rings is 2. The van der Waals surface area contributed by atoms with Crippen LogP contribution in [0.15, 0.2) is 47.1 Å². The van der Waals surface area contributed by atoms with Gasteiger partial charge in [0.1, 0.15) is 0 Å². The molecule has 1 aromatic heterocycles. The number of nitrogens with zero attached hydrogens (tertiary/aromatic N) is 3. The molecule has 1 heterocycles. The van der Waals surface area contributed by atoms with E-state index in [2.05, 4.69) is 41.7 Å². The van der Waals surface area contributed by atoms with Crippen LogP contribution in [0.1, 0.15) is 5.56 Å². The third kappa shape index (κ3) is 3.83. The lowest BCUT2D eigenvalue weighted by Crippen LogP contribution is -2.03. The van der Waals surface area contributed by atoms with Gasteiger partial charge in [-0.3, -0.25) is 0 Å². The van der Waals surface area contributed by atoms with Gasteiger partial charge in [-0.05, 0) is 42.8 Å². The summed E-state index contributed by atoms with van der Waals surface area (Å²) in [5.74, 6) is -1.23. The molecule has 0 saturated carbocycles. The average Bonchev–Trinajstić information content (AvgIpc) is 2.54. The van der Waals surface area contributed by atoms with Crippen LogP contribution in [0.5, 0.6) is 0 Å². The van der Waals surface area contributed by atoms with Crippen LogP contribution < -0.4 is 10.6 Å². The van der Waals surface area contributed by atoms with Gasteiger partial charge < -0.3 is 10.6 Å². The van der Waals surface area contributed by atoms with Gasteiger partial charge >= 0.3 is 0 Å². The maximum absolute atomic E-state index is 13.2. The summed E-state index contributed by atoms with van der Waals surface area (Å²) in [5, 5.41) is 13.6. The number of nitrogens with one attached hydrogen (secondary N) is 2. The second-order valence-corrected chi connectivity index (χ2v) is 5.92. The van der Waals surface area contributed by atoms with Crippen molar-refractivity contribution >= 4 is 39.1 Å². The van der Waals surface area contributed by atoms with Crippen LogP contribution in [0.2, 0.25) is 0 Å². The van der Waals surface area contributed by atoms with Gasteiger partial charge in [0.25, 0.3) is 0 Å². The van der Waals surface area contributed by atoms with Crippen LogP contribution in [-0.4, -0.2) is 15.2 Å². The molecule has 0 bridgehead atoms. The van der Waals surface area contributed by atoms with Crippen LogP contribution >= 0.6 is 15.9 Å². The van der Waals surface area contributed by atoms with Crippen LogP contribution in [0.4, 0.5) is 31.9 Å². The van der Waals surface area contributed by atoms with Gasteiger partial charge in [0, 0.05) is 21.9 Å². The molecule has 0 atom stereocenters. The van der Waals surface area contributed by atoms with Crippen LogP contribution in [0.25, 0.3) is 0 Å². The Morgan fingerprint density at radius 3 is 2.58 bits per heavy atom. The zero-order valence-electron chi connectivity index (χ0n) is 12.5. The maximum Gasteiger partial charge on any atom is 0.249 e. The fraction of sp³-hybridized carbons (Fsp3) is 0.0625. The summed E-state index contributed by atoms with van der Waals surface area (Å²) in [4.78, 5) is 4.26. The molecule has 0 saturated heterocycles. The zero-order chi connectivity index (χ0) is 17.1. The predicted molar refractivity (Wildman–Crippen MR) is 91.6 cm³/mol. The maximum atomic E-state index is 13.2. The molecule has 8 heteroatoms. The molecule has 0 unspecified atom stereocenters. The summed E-state index contributed by atoms with van der Waals surface area (Å²) in [6.07, 6.45) is 1.47. The molecule has 24 heavy (non-hydrogen) atoms. The first-order valence-corrected chi connectivity index (χ1v) is 7.75. The van der Waals surface area contributed by atoms with Gasteiger partial charge in [0.2, 0.25) is 5.95 Å². The average molecular weight is 392 g/mol. The molecule has 0 aliphatic heterocycles. The molecule has 3 aromatic rings. The molecular formula is C16H12BrF2N5. The summed E-state index contributed by atoms with van der Waals surface area (Å²) in [6, 6.07) is 9.22. The molecular weight excluding hydrogens is 380 g/mol. The van der Waals surface area contributed by atoms with E-state index >= 15 is 0 Å². The minimum absolute atomic E-state index is 0.167. The molecule has 0 aliphatic rings. The lowest BCUT2D eigenvalue weighted by Gasteiger charge is -2.10. The van der Waals surface area contributed by atoms with Crippen LogP contribution in [0, 0.1) is 18.6 Å². The molecule has 5 nitrogen and oxygen atoms in total. The summed E-state index contributed by atoms with van der Waals surface area (Å²) < 4.78 is 27.2. The molecule has 2 N–H and O–H groups in total. The molecule has 0 spiro atoms. The van der Waals surface area contributed by atoms with E-state index in [4.69, 9.17) is 0 Å². The van der Waals surface area contributed by atoms with Gasteiger partial charge in [-0.15, -0.1) is 5.10 Å². The lowest BCUT2D eigenvalue weighted by atomic mass is 10.2. The van der Waals surface area contributed by atoms with Gasteiger partial charge in [-0.2, -0.15) is 10.1 Å². The Morgan fingerprint density at radius 2 is 1.83 bits per heavy atom. The Morgan fingerprint density at radius 1 is 1.00 bits per heavy atom. The fourth-order valence-electron chi connectivity index (χ4n) is 2.03. The summed E-state index contributed by atoms with van der Waals surface area (Å²) in [7, 11) is 0. The Balaban J connectivity index is 1.79. The van der Waals surface area contributed by atoms with E-state index in [1.54, 1.807) is 0 Å². The normalized spacial score (nSPS) is 10.5. The molecule has 0 aliphatic carbocycles. The van der Waals surface area contributed by atoms with Crippen molar-refractivity contribution in [3.63, 3.8) is 0 Å². The van der Waals surface area contributed by atoms with Crippen molar-refractivity contribution < 1.29 is 8.78 Å². The Bertz CT molecular complexity index is 888. The highest BCUT2D eigenvalue weighted by atomic mass is 79.9. The van der Waals surface area contributed by atoms with Gasteiger partial charge in [0.15, 0.2) is 17.5 Å². The first-order chi connectivity index (χ1) is 11.5. The number of rotatable bonds is 4. The third-order valence-electron chi connectivity index (χ3n) is 3.19. The second kappa shape index (κ2) is 6.88. The van der Waals surface area contributed by atoms with E-state index in [0.29, 0.717) is 11.5 Å². The van der Waals surface area contributed by atoms with Crippen LogP contribution in [-0.2, 0) is 0 Å². The Labute approximate surface area is 145 Å². The molecule has 0 fully saturated rings. The van der Waals surface area contributed by atoms with E-state index in [1.165, 1.54) is 12.3 Å². The summed E-state index contributed by atoms with van der Waals surface area (Å²) in [6.45, 7) is 1.96. The highest BCUT2D eigenvalue weighted by Gasteiger charge is 2.06. The van der Waals surface area contributed by atoms with Gasteiger partial charge in [-0.25, -0.2) is 8.78 Å². The number of anilines is 4. The first kappa shape index (κ1) is 16.3. The fourth-order valence-corrected chi connectivity index (χ4v) is 2.50. The number of aryl methyl sites for hydroxylation is 1. The molecule has 2 aromatic carbocycles. The van der Waals surface area contributed by atoms with Crippen molar-refractivity contribution in [2.75, 3.05) is 10.6 Å². The van der Waals surface area contributed by atoms with E-state index in [1.807, 2.05) is 25.1 Å². The van der Waals surface area contributed by atoms with E-state index in [9.17, 15) is 8.78 Å². The third-order valence-corrected chi connectivity index (χ3v) is 3.68. The van der Waals surface area contributed by atoms with Crippen molar-refractivity contribution in [1.29, 1.82) is 0 Å². The Kier molecular flexibility index (Phi) is 4.66. The summed E-state index contributed by atoms with van der Waals surface area (Å²) >= 11 is 3.41.